The number of anilines is 1. The molecule has 0 aliphatic heterocycles. The number of nitrogens with one attached hydrogen (secondary N) is 2. The molecule has 0 aliphatic rings. The lowest BCUT2D eigenvalue weighted by molar-refractivity contribution is 0.579. The van der Waals surface area contributed by atoms with Gasteiger partial charge in [-0.15, -0.1) is 0 Å². The monoisotopic (exact) mass is 277 g/mol. The van der Waals surface area contributed by atoms with Gasteiger partial charge >= 0.3 is 0 Å². The summed E-state index contributed by atoms with van der Waals surface area (Å²) in [5.41, 5.74) is 0. The van der Waals surface area contributed by atoms with Gasteiger partial charge in [-0.1, -0.05) is 18.5 Å². The first-order valence-corrected chi connectivity index (χ1v) is 7.22. The Kier molecular flexibility index (Phi) is 5.17. The van der Waals surface area contributed by atoms with Crippen molar-refractivity contribution in [2.75, 3.05) is 17.8 Å². The van der Waals surface area contributed by atoms with E-state index in [1.54, 1.807) is 19.1 Å². The van der Waals surface area contributed by atoms with Crippen LogP contribution in [0, 0.1) is 0 Å². The lowest BCUT2D eigenvalue weighted by atomic mass is 10.5. The topological polar surface area (TPSA) is 71.1 Å². The van der Waals surface area contributed by atoms with Gasteiger partial charge in [-0.25, -0.2) is 13.4 Å². The number of pyridine rings is 1. The van der Waals surface area contributed by atoms with Crippen LogP contribution in [0.25, 0.3) is 0 Å². The summed E-state index contributed by atoms with van der Waals surface area (Å²) in [5, 5.41) is 2.71. The normalized spacial score (nSPS) is 13.4. The number of aromatic nitrogens is 1. The molecule has 17 heavy (non-hydrogen) atoms. The van der Waals surface area contributed by atoms with Crippen molar-refractivity contribution in [3.63, 3.8) is 0 Å². The van der Waals surface area contributed by atoms with E-state index in [1.165, 1.54) is 6.20 Å². The maximum absolute atomic E-state index is 11.9. The van der Waals surface area contributed by atoms with Crippen molar-refractivity contribution in [3.8, 4) is 0 Å². The van der Waals surface area contributed by atoms with Gasteiger partial charge in [-0.3, -0.25) is 4.72 Å². The number of hydrogen-bond acceptors (Lipinski definition) is 4. The van der Waals surface area contributed by atoms with Gasteiger partial charge in [0, 0.05) is 12.7 Å². The number of rotatable bonds is 6. The van der Waals surface area contributed by atoms with Crippen molar-refractivity contribution in [2.45, 2.75) is 19.1 Å². The maximum Gasteiger partial charge on any atom is 0.237 e. The van der Waals surface area contributed by atoms with Crippen LogP contribution in [0.5, 0.6) is 0 Å². The Labute approximate surface area is 107 Å². The fraction of sp³-hybridized carbons (Fsp3) is 0.500. The quantitative estimate of drug-likeness (QED) is 0.826. The molecule has 1 aromatic rings. The highest BCUT2D eigenvalue weighted by Gasteiger charge is 2.21. The molecule has 96 valence electrons. The number of nitrogens with zero attached hydrogens (tertiary/aromatic N) is 1. The molecular formula is C10H16ClN3O2S. The average molecular weight is 278 g/mol. The molecule has 7 heteroatoms. The van der Waals surface area contributed by atoms with E-state index >= 15 is 0 Å². The van der Waals surface area contributed by atoms with E-state index in [4.69, 9.17) is 11.6 Å². The van der Waals surface area contributed by atoms with Gasteiger partial charge in [-0.05, 0) is 25.6 Å². The van der Waals surface area contributed by atoms with Gasteiger partial charge in [0.25, 0.3) is 0 Å². The zero-order valence-electron chi connectivity index (χ0n) is 9.77. The highest BCUT2D eigenvalue weighted by molar-refractivity contribution is 7.93. The molecule has 0 saturated carbocycles. The van der Waals surface area contributed by atoms with E-state index in [0.717, 1.165) is 6.54 Å². The smallest absolute Gasteiger partial charge is 0.237 e. The molecule has 0 bridgehead atoms. The molecule has 0 radical (unpaired) electrons. The first-order chi connectivity index (χ1) is 7.97. The Morgan fingerprint density at radius 1 is 1.53 bits per heavy atom. The third-order valence-corrected chi connectivity index (χ3v) is 4.22. The number of sulfonamides is 1. The molecule has 0 aliphatic carbocycles. The van der Waals surface area contributed by atoms with Crippen molar-refractivity contribution < 1.29 is 8.42 Å². The minimum Gasteiger partial charge on any atom is -0.316 e. The Morgan fingerprint density at radius 3 is 2.82 bits per heavy atom. The van der Waals surface area contributed by atoms with Crippen LogP contribution in [0.3, 0.4) is 0 Å². The first kappa shape index (κ1) is 14.2. The van der Waals surface area contributed by atoms with Crippen LogP contribution in [-0.4, -0.2) is 31.7 Å². The number of hydrogen-bond donors (Lipinski definition) is 2. The second kappa shape index (κ2) is 6.18. The van der Waals surface area contributed by atoms with Gasteiger partial charge in [0.2, 0.25) is 10.0 Å². The molecule has 5 nitrogen and oxygen atoms in total. The van der Waals surface area contributed by atoms with Crippen LogP contribution in [-0.2, 0) is 10.0 Å². The molecule has 1 aromatic heterocycles. The second-order valence-corrected chi connectivity index (χ2v) is 6.11. The number of halogens is 1. The van der Waals surface area contributed by atoms with Crippen molar-refractivity contribution >= 4 is 27.4 Å². The molecule has 1 heterocycles. The van der Waals surface area contributed by atoms with E-state index in [-0.39, 0.29) is 10.8 Å². The zero-order chi connectivity index (χ0) is 12.9. The standard InChI is InChI=1S/C10H16ClN3O2S/c1-3-12-7-8(2)17(15,16)14-10-9(11)5-4-6-13-10/h4-6,8,12H,3,7H2,1-2H3,(H,13,14). The van der Waals surface area contributed by atoms with E-state index in [1.807, 2.05) is 6.92 Å². The van der Waals surface area contributed by atoms with Crippen molar-refractivity contribution in [1.82, 2.24) is 10.3 Å². The zero-order valence-corrected chi connectivity index (χ0v) is 11.3. The highest BCUT2D eigenvalue weighted by Crippen LogP contribution is 2.19. The molecule has 1 unspecified atom stereocenters. The lowest BCUT2D eigenvalue weighted by Crippen LogP contribution is -2.34. The highest BCUT2D eigenvalue weighted by atomic mass is 35.5. The van der Waals surface area contributed by atoms with Crippen LogP contribution in [0.2, 0.25) is 5.02 Å². The predicted octanol–water partition coefficient (Wildman–Crippen LogP) is 1.47. The molecule has 0 fully saturated rings. The summed E-state index contributed by atoms with van der Waals surface area (Å²) in [7, 11) is -3.47. The van der Waals surface area contributed by atoms with Gasteiger partial charge in [0.1, 0.15) is 0 Å². The van der Waals surface area contributed by atoms with Crippen LogP contribution in [0.1, 0.15) is 13.8 Å². The van der Waals surface area contributed by atoms with E-state index < -0.39 is 15.3 Å². The lowest BCUT2D eigenvalue weighted by Gasteiger charge is -2.14. The van der Waals surface area contributed by atoms with Gasteiger partial charge < -0.3 is 5.32 Å². The van der Waals surface area contributed by atoms with Crippen molar-refractivity contribution in [2.24, 2.45) is 0 Å². The molecule has 0 aromatic carbocycles. The first-order valence-electron chi connectivity index (χ1n) is 5.30. The van der Waals surface area contributed by atoms with E-state index in [2.05, 4.69) is 15.0 Å². The Bertz CT molecular complexity index is 464. The fourth-order valence-corrected chi connectivity index (χ4v) is 2.35. The Hall–Kier alpha value is -0.850. The molecule has 0 amide bonds. The van der Waals surface area contributed by atoms with Crippen molar-refractivity contribution in [3.05, 3.63) is 23.4 Å². The minimum absolute atomic E-state index is 0.164. The Balaban J connectivity index is 2.76. The molecular weight excluding hydrogens is 262 g/mol. The van der Waals surface area contributed by atoms with Crippen LogP contribution < -0.4 is 10.0 Å². The molecule has 1 atom stereocenters. The SMILES string of the molecule is CCNCC(C)S(=O)(=O)Nc1ncccc1Cl. The molecule has 0 saturated heterocycles. The van der Waals surface area contributed by atoms with Crippen LogP contribution >= 0.6 is 11.6 Å². The third-order valence-electron chi connectivity index (χ3n) is 2.21. The summed E-state index contributed by atoms with van der Waals surface area (Å²) in [6, 6.07) is 3.23. The van der Waals surface area contributed by atoms with E-state index in [0.29, 0.717) is 6.54 Å². The largest absolute Gasteiger partial charge is 0.316 e. The summed E-state index contributed by atoms with van der Waals surface area (Å²) in [5.74, 6) is 0.164. The summed E-state index contributed by atoms with van der Waals surface area (Å²) >= 11 is 5.83. The second-order valence-electron chi connectivity index (χ2n) is 3.60. The van der Waals surface area contributed by atoms with Crippen LogP contribution in [0.4, 0.5) is 5.82 Å². The molecule has 0 spiro atoms. The third kappa shape index (κ3) is 4.14. The maximum atomic E-state index is 11.9. The van der Waals surface area contributed by atoms with Gasteiger partial charge in [0.05, 0.1) is 10.3 Å². The summed E-state index contributed by atoms with van der Waals surface area (Å²) in [4.78, 5) is 3.88. The summed E-state index contributed by atoms with van der Waals surface area (Å²) in [6.45, 7) is 4.66. The molecule has 1 rings (SSSR count). The van der Waals surface area contributed by atoms with Gasteiger partial charge in [-0.2, -0.15) is 0 Å². The summed E-state index contributed by atoms with van der Waals surface area (Å²) in [6.07, 6.45) is 1.48. The van der Waals surface area contributed by atoms with Crippen LogP contribution in [0.15, 0.2) is 18.3 Å². The minimum atomic E-state index is -3.47. The fourth-order valence-electron chi connectivity index (χ4n) is 1.15. The Morgan fingerprint density at radius 2 is 2.24 bits per heavy atom. The van der Waals surface area contributed by atoms with Gasteiger partial charge in [0.15, 0.2) is 5.82 Å². The molecule has 2 N–H and O–H groups in total. The van der Waals surface area contributed by atoms with E-state index in [9.17, 15) is 8.42 Å². The predicted molar refractivity (Wildman–Crippen MR) is 69.8 cm³/mol. The van der Waals surface area contributed by atoms with Crippen molar-refractivity contribution in [1.29, 1.82) is 0 Å². The average Bonchev–Trinajstić information content (AvgIpc) is 2.28. The summed E-state index contributed by atoms with van der Waals surface area (Å²) < 4.78 is 26.2.